The maximum absolute atomic E-state index is 14.2. The Morgan fingerprint density at radius 2 is 1.93 bits per heavy atom. The number of aromatic nitrogens is 2. The lowest BCUT2D eigenvalue weighted by Crippen LogP contribution is -2.47. The zero-order valence-corrected chi connectivity index (χ0v) is 23.3. The Labute approximate surface area is 235 Å². The van der Waals surface area contributed by atoms with Gasteiger partial charge in [0.15, 0.2) is 12.4 Å². The highest BCUT2D eigenvalue weighted by Gasteiger charge is 2.39. The van der Waals surface area contributed by atoms with Crippen molar-refractivity contribution in [1.29, 1.82) is 0 Å². The number of rotatable bonds is 7. The summed E-state index contributed by atoms with van der Waals surface area (Å²) in [5.41, 5.74) is -0.0182. The van der Waals surface area contributed by atoms with Crippen molar-refractivity contribution >= 4 is 23.7 Å². The second-order valence-corrected chi connectivity index (χ2v) is 10.7. The third-order valence-electron chi connectivity index (χ3n) is 6.26. The molecule has 40 heavy (non-hydrogen) atoms. The van der Waals surface area contributed by atoms with Gasteiger partial charge in [-0.1, -0.05) is 22.8 Å². The number of piperidine rings is 1. The molecule has 1 saturated heterocycles. The molecule has 2 aromatic heterocycles. The Kier molecular flexibility index (Phi) is 8.92. The quantitative estimate of drug-likeness (QED) is 0.243. The summed E-state index contributed by atoms with van der Waals surface area (Å²) < 4.78 is 49.6. The summed E-state index contributed by atoms with van der Waals surface area (Å²) in [6, 6.07) is 6.75. The van der Waals surface area contributed by atoms with Crippen LogP contribution in [-0.4, -0.2) is 52.4 Å². The highest BCUT2D eigenvalue weighted by Crippen LogP contribution is 2.35. The van der Waals surface area contributed by atoms with Crippen LogP contribution in [0.3, 0.4) is 0 Å². The third kappa shape index (κ3) is 6.88. The number of ether oxygens (including phenoxy) is 3. The highest BCUT2D eigenvalue weighted by molar-refractivity contribution is 6.33. The molecule has 2 atom stereocenters. The molecule has 0 bridgehead atoms. The van der Waals surface area contributed by atoms with E-state index >= 15 is 0 Å². The van der Waals surface area contributed by atoms with Crippen LogP contribution in [0.15, 0.2) is 41.1 Å². The first-order chi connectivity index (χ1) is 19.0. The van der Waals surface area contributed by atoms with Crippen LogP contribution in [0.25, 0.3) is 11.3 Å². The van der Waals surface area contributed by atoms with E-state index in [0.29, 0.717) is 13.0 Å². The predicted octanol–water partition coefficient (Wildman–Crippen LogP) is 6.15. The van der Waals surface area contributed by atoms with Crippen LogP contribution >= 0.6 is 11.6 Å². The van der Waals surface area contributed by atoms with Crippen LogP contribution in [-0.2, 0) is 20.9 Å². The number of carbonyl (C=O) groups excluding carboxylic acids is 2. The molecule has 214 valence electrons. The summed E-state index contributed by atoms with van der Waals surface area (Å²) in [5.74, 6) is -2.18. The topological polar surface area (TPSA) is 104 Å². The van der Waals surface area contributed by atoms with Gasteiger partial charge in [-0.3, -0.25) is 4.79 Å². The van der Waals surface area contributed by atoms with Crippen LogP contribution in [0.1, 0.15) is 51.4 Å². The van der Waals surface area contributed by atoms with Gasteiger partial charge in [0.05, 0.1) is 23.1 Å². The zero-order chi connectivity index (χ0) is 29.0. The van der Waals surface area contributed by atoms with Crippen molar-refractivity contribution in [2.75, 3.05) is 19.7 Å². The van der Waals surface area contributed by atoms with E-state index in [0.717, 1.165) is 17.7 Å². The fraction of sp³-hybridized carbons (Fsp3) is 0.429. The van der Waals surface area contributed by atoms with Gasteiger partial charge in [0.1, 0.15) is 22.9 Å². The first kappa shape index (κ1) is 29.3. The molecule has 3 aromatic rings. The van der Waals surface area contributed by atoms with Crippen molar-refractivity contribution in [1.82, 2.24) is 15.0 Å². The van der Waals surface area contributed by atoms with Gasteiger partial charge < -0.3 is 23.6 Å². The highest BCUT2D eigenvalue weighted by atomic mass is 35.5. The normalized spacial score (nSPS) is 17.4. The second kappa shape index (κ2) is 12.2. The molecule has 4 rings (SSSR count). The molecule has 0 saturated carbocycles. The number of hydrogen-bond donors (Lipinski definition) is 0. The summed E-state index contributed by atoms with van der Waals surface area (Å²) in [5, 5.41) is 3.37. The van der Waals surface area contributed by atoms with Crippen molar-refractivity contribution < 1.29 is 37.1 Å². The van der Waals surface area contributed by atoms with E-state index < -0.39 is 40.2 Å². The number of amides is 1. The van der Waals surface area contributed by atoms with Gasteiger partial charge in [0.25, 0.3) is 0 Å². The van der Waals surface area contributed by atoms with Crippen molar-refractivity contribution in [3.8, 4) is 17.1 Å². The van der Waals surface area contributed by atoms with Gasteiger partial charge in [-0.05, 0) is 51.8 Å². The van der Waals surface area contributed by atoms with E-state index in [4.69, 9.17) is 30.3 Å². The molecule has 0 spiro atoms. The summed E-state index contributed by atoms with van der Waals surface area (Å²) in [4.78, 5) is 31.3. The molecule has 0 unspecified atom stereocenters. The molecule has 1 fully saturated rings. The summed E-state index contributed by atoms with van der Waals surface area (Å²) in [6.45, 7) is 7.83. The maximum Gasteiger partial charge on any atom is 0.410 e. The summed E-state index contributed by atoms with van der Waals surface area (Å²) in [7, 11) is 0. The molecule has 0 radical (unpaired) electrons. The van der Waals surface area contributed by atoms with Crippen LogP contribution in [0.4, 0.5) is 13.6 Å². The number of carbonyl (C=O) groups is 2. The van der Waals surface area contributed by atoms with Gasteiger partial charge in [0, 0.05) is 37.3 Å². The van der Waals surface area contributed by atoms with Crippen molar-refractivity contribution in [2.45, 2.75) is 52.2 Å². The largest absolute Gasteiger partial charge is 0.469 e. The molecule has 0 aliphatic carbocycles. The first-order valence-corrected chi connectivity index (χ1v) is 13.2. The Morgan fingerprint density at radius 3 is 2.60 bits per heavy atom. The van der Waals surface area contributed by atoms with E-state index in [-0.39, 0.29) is 48.6 Å². The second-order valence-electron chi connectivity index (χ2n) is 10.3. The van der Waals surface area contributed by atoms with Crippen LogP contribution in [0, 0.1) is 17.6 Å². The molecule has 1 amide bonds. The molecular weight excluding hydrogens is 548 g/mol. The standard InChI is InChI=1S/C28H30ClF2N3O6/c1-5-37-26(35)19-14-34(27(36)39-28(2,3)4)11-10-18(19)16-6-9-23(32-13-16)38-15-17-12-22(33-40-17)24-20(30)7-8-21(31)25(24)29/h6-9,12-13,18-19H,5,10-11,14-15H2,1-4H3/t18-,19+/m1/s1. The Hall–Kier alpha value is -3.73. The Morgan fingerprint density at radius 1 is 1.18 bits per heavy atom. The molecular formula is C28H30ClF2N3O6. The molecule has 0 N–H and O–H groups in total. The number of pyridine rings is 1. The summed E-state index contributed by atoms with van der Waals surface area (Å²) in [6.07, 6.45) is 1.66. The molecule has 1 aromatic carbocycles. The number of likely N-dealkylation sites (tertiary alicyclic amines) is 1. The fourth-order valence-electron chi connectivity index (χ4n) is 4.43. The molecule has 3 heterocycles. The number of hydrogen-bond acceptors (Lipinski definition) is 8. The number of nitrogens with zero attached hydrogens (tertiary/aromatic N) is 3. The number of halogens is 3. The van der Waals surface area contributed by atoms with Crippen molar-refractivity contribution in [2.24, 2.45) is 5.92 Å². The van der Waals surface area contributed by atoms with Gasteiger partial charge in [-0.25, -0.2) is 18.6 Å². The first-order valence-electron chi connectivity index (χ1n) is 12.8. The van der Waals surface area contributed by atoms with E-state index in [2.05, 4.69) is 10.1 Å². The smallest absolute Gasteiger partial charge is 0.410 e. The zero-order valence-electron chi connectivity index (χ0n) is 22.6. The van der Waals surface area contributed by atoms with Gasteiger partial charge in [-0.15, -0.1) is 0 Å². The summed E-state index contributed by atoms with van der Waals surface area (Å²) >= 11 is 5.90. The Balaban J connectivity index is 1.42. The van der Waals surface area contributed by atoms with Crippen LogP contribution < -0.4 is 4.74 Å². The van der Waals surface area contributed by atoms with Gasteiger partial charge in [-0.2, -0.15) is 0 Å². The minimum Gasteiger partial charge on any atom is -0.469 e. The monoisotopic (exact) mass is 577 g/mol. The van der Waals surface area contributed by atoms with E-state index in [1.165, 1.54) is 11.0 Å². The molecule has 1 aliphatic rings. The predicted molar refractivity (Wildman–Crippen MR) is 141 cm³/mol. The minimum atomic E-state index is -0.774. The van der Waals surface area contributed by atoms with Crippen molar-refractivity contribution in [3.05, 3.63) is 64.5 Å². The lowest BCUT2D eigenvalue weighted by molar-refractivity contribution is -0.150. The van der Waals surface area contributed by atoms with Crippen LogP contribution in [0.5, 0.6) is 5.88 Å². The average Bonchev–Trinajstić information content (AvgIpc) is 3.37. The minimum absolute atomic E-state index is 0.0339. The molecule has 1 aliphatic heterocycles. The molecule has 9 nitrogen and oxygen atoms in total. The average molecular weight is 578 g/mol. The van der Waals surface area contributed by atoms with E-state index in [1.54, 1.807) is 46.0 Å². The molecule has 12 heteroatoms. The maximum atomic E-state index is 14.2. The lowest BCUT2D eigenvalue weighted by Gasteiger charge is -2.38. The Bertz CT molecular complexity index is 1360. The number of esters is 1. The van der Waals surface area contributed by atoms with E-state index in [9.17, 15) is 18.4 Å². The van der Waals surface area contributed by atoms with Gasteiger partial charge >= 0.3 is 12.1 Å². The SMILES string of the molecule is CCOC(=O)[C@H]1CN(C(=O)OC(C)(C)C)CC[C@@H]1c1ccc(OCc2cc(-c3c(F)ccc(F)c3Cl)no2)nc1. The van der Waals surface area contributed by atoms with Gasteiger partial charge in [0.2, 0.25) is 5.88 Å². The van der Waals surface area contributed by atoms with E-state index in [1.807, 2.05) is 0 Å². The third-order valence-corrected chi connectivity index (χ3v) is 6.63. The van der Waals surface area contributed by atoms with Crippen LogP contribution in [0.2, 0.25) is 5.02 Å². The van der Waals surface area contributed by atoms with Crippen molar-refractivity contribution in [3.63, 3.8) is 0 Å². The number of benzene rings is 1. The lowest BCUT2D eigenvalue weighted by atomic mass is 9.81. The fourth-order valence-corrected chi connectivity index (χ4v) is 4.68.